The smallest absolute Gasteiger partial charge is 0.309 e. The van der Waals surface area contributed by atoms with Crippen molar-refractivity contribution in [2.45, 2.75) is 71.2 Å². The van der Waals surface area contributed by atoms with Crippen molar-refractivity contribution in [3.63, 3.8) is 0 Å². The lowest BCUT2D eigenvalue weighted by molar-refractivity contribution is -0.172. The van der Waals surface area contributed by atoms with Gasteiger partial charge in [-0.25, -0.2) is 4.98 Å². The maximum absolute atomic E-state index is 12.9. The normalized spacial score (nSPS) is 25.2. The van der Waals surface area contributed by atoms with E-state index in [1.807, 2.05) is 0 Å². The summed E-state index contributed by atoms with van der Waals surface area (Å²) in [6, 6.07) is 1.47. The highest BCUT2D eigenvalue weighted by atomic mass is 16.6. The summed E-state index contributed by atoms with van der Waals surface area (Å²) in [7, 11) is 3.04. The molecular weight excluding hydrogens is 402 g/mol. The molecule has 0 radical (unpaired) electrons. The number of carbonyl (C=O) groups is 2. The molecule has 0 amide bonds. The van der Waals surface area contributed by atoms with Gasteiger partial charge in [-0.1, -0.05) is 26.7 Å². The Morgan fingerprint density at radius 2 is 2.00 bits per heavy atom. The molecule has 31 heavy (non-hydrogen) atoms. The van der Waals surface area contributed by atoms with Crippen molar-refractivity contribution in [1.29, 1.82) is 0 Å². The second-order valence-corrected chi connectivity index (χ2v) is 8.43. The van der Waals surface area contributed by atoms with Crippen molar-refractivity contribution >= 4 is 11.8 Å². The van der Waals surface area contributed by atoms with Gasteiger partial charge < -0.3 is 24.1 Å². The maximum Gasteiger partial charge on any atom is 0.309 e. The number of aromatic hydroxyl groups is 1. The molecule has 2 heterocycles. The Hall–Kier alpha value is -2.19. The minimum absolute atomic E-state index is 0.0928. The molecule has 2 rings (SSSR count). The van der Waals surface area contributed by atoms with Crippen molar-refractivity contribution in [2.75, 3.05) is 20.8 Å². The Morgan fingerprint density at radius 1 is 1.29 bits per heavy atom. The summed E-state index contributed by atoms with van der Waals surface area (Å²) in [4.78, 5) is 29.7. The van der Waals surface area contributed by atoms with Crippen LogP contribution in [0.1, 0.15) is 63.4 Å². The molecule has 0 spiro atoms. The molecule has 1 saturated heterocycles. The zero-order chi connectivity index (χ0) is 23.0. The first-order chi connectivity index (χ1) is 14.8. The summed E-state index contributed by atoms with van der Waals surface area (Å²) in [5.41, 5.74) is -0.102. The summed E-state index contributed by atoms with van der Waals surface area (Å²) in [5, 5.41) is 10.2. The summed E-state index contributed by atoms with van der Waals surface area (Å²) < 4.78 is 22.4. The van der Waals surface area contributed by atoms with Gasteiger partial charge in [-0.05, 0) is 25.7 Å². The van der Waals surface area contributed by atoms with Gasteiger partial charge in [0.05, 0.1) is 19.1 Å². The molecule has 0 aromatic carbocycles. The van der Waals surface area contributed by atoms with E-state index in [0.29, 0.717) is 18.9 Å². The van der Waals surface area contributed by atoms with Crippen LogP contribution in [0.3, 0.4) is 0 Å². The fourth-order valence-corrected chi connectivity index (χ4v) is 3.78. The molecule has 0 aliphatic carbocycles. The SMILES string of the molecule is COc1ccnc(C(=O)C[C@H]2CCCC[C@H](OC)[C@@H](OCC(C)C)[C@H](C)OC2=O)c1O. The third-order valence-corrected chi connectivity index (χ3v) is 5.48. The Bertz CT molecular complexity index is 737. The monoisotopic (exact) mass is 437 g/mol. The lowest BCUT2D eigenvalue weighted by Crippen LogP contribution is -2.43. The van der Waals surface area contributed by atoms with Crippen LogP contribution in [0.2, 0.25) is 0 Å². The van der Waals surface area contributed by atoms with Crippen molar-refractivity contribution < 1.29 is 33.6 Å². The number of ether oxygens (including phenoxy) is 4. The molecule has 1 aliphatic heterocycles. The molecule has 174 valence electrons. The first-order valence-electron chi connectivity index (χ1n) is 10.9. The minimum Gasteiger partial charge on any atom is -0.503 e. The van der Waals surface area contributed by atoms with Crippen LogP contribution in [-0.4, -0.2) is 61.0 Å². The van der Waals surface area contributed by atoms with Crippen LogP contribution in [0.25, 0.3) is 0 Å². The number of cyclic esters (lactones) is 1. The number of pyridine rings is 1. The van der Waals surface area contributed by atoms with Crippen molar-refractivity contribution in [1.82, 2.24) is 4.98 Å². The van der Waals surface area contributed by atoms with E-state index in [-0.39, 0.29) is 35.8 Å². The van der Waals surface area contributed by atoms with Crippen LogP contribution in [-0.2, 0) is 19.0 Å². The average Bonchev–Trinajstić information content (AvgIpc) is 2.73. The number of methoxy groups -OCH3 is 2. The van der Waals surface area contributed by atoms with Crippen LogP contribution >= 0.6 is 0 Å². The van der Waals surface area contributed by atoms with Gasteiger partial charge in [0, 0.05) is 32.4 Å². The highest BCUT2D eigenvalue weighted by Crippen LogP contribution is 2.31. The standard InChI is InChI=1S/C23H35NO7/c1-14(2)13-30-22-15(3)31-23(27)16(8-6-7-9-19(22)29-5)12-17(25)20-21(26)18(28-4)10-11-24-20/h10-11,14-16,19,22,26H,6-9,12-13H2,1-5H3/t15-,16+,19-,22-/m0/s1. The van der Waals surface area contributed by atoms with E-state index in [9.17, 15) is 14.7 Å². The first-order valence-corrected chi connectivity index (χ1v) is 10.9. The summed E-state index contributed by atoms with van der Waals surface area (Å²) in [6.07, 6.45) is 3.10. The van der Waals surface area contributed by atoms with Gasteiger partial charge in [-0.15, -0.1) is 0 Å². The van der Waals surface area contributed by atoms with Gasteiger partial charge in [0.25, 0.3) is 0 Å². The van der Waals surface area contributed by atoms with E-state index >= 15 is 0 Å². The molecule has 1 aromatic rings. The van der Waals surface area contributed by atoms with Crippen LogP contribution in [0.4, 0.5) is 0 Å². The Kier molecular flexibility index (Phi) is 9.71. The number of aromatic nitrogens is 1. The molecule has 0 bridgehead atoms. The predicted octanol–water partition coefficient (Wildman–Crippen LogP) is 3.55. The largest absolute Gasteiger partial charge is 0.503 e. The lowest BCUT2D eigenvalue weighted by Gasteiger charge is -2.33. The van der Waals surface area contributed by atoms with Crippen molar-refractivity contribution in [3.05, 3.63) is 18.0 Å². The van der Waals surface area contributed by atoms with E-state index in [1.165, 1.54) is 19.4 Å². The van der Waals surface area contributed by atoms with E-state index in [2.05, 4.69) is 18.8 Å². The van der Waals surface area contributed by atoms with Crippen molar-refractivity contribution in [3.8, 4) is 11.5 Å². The van der Waals surface area contributed by atoms with Gasteiger partial charge >= 0.3 is 5.97 Å². The van der Waals surface area contributed by atoms with Gasteiger partial charge in [0.2, 0.25) is 0 Å². The minimum atomic E-state index is -0.618. The fourth-order valence-electron chi connectivity index (χ4n) is 3.78. The van der Waals surface area contributed by atoms with E-state index in [0.717, 1.165) is 19.3 Å². The molecule has 8 nitrogen and oxygen atoms in total. The maximum atomic E-state index is 12.9. The Morgan fingerprint density at radius 3 is 2.65 bits per heavy atom. The predicted molar refractivity (Wildman–Crippen MR) is 114 cm³/mol. The van der Waals surface area contributed by atoms with Gasteiger partial charge in [0.15, 0.2) is 23.0 Å². The zero-order valence-corrected chi connectivity index (χ0v) is 19.1. The summed E-state index contributed by atoms with van der Waals surface area (Å²) >= 11 is 0. The second-order valence-electron chi connectivity index (χ2n) is 8.43. The first kappa shape index (κ1) is 25.1. The lowest BCUT2D eigenvalue weighted by atomic mass is 9.92. The number of hydrogen-bond acceptors (Lipinski definition) is 8. The molecule has 1 aromatic heterocycles. The topological polar surface area (TPSA) is 104 Å². The second kappa shape index (κ2) is 12.0. The molecule has 0 saturated carbocycles. The molecule has 1 fully saturated rings. The number of rotatable bonds is 8. The van der Waals surface area contributed by atoms with E-state index < -0.39 is 23.8 Å². The fraction of sp³-hybridized carbons (Fsp3) is 0.696. The zero-order valence-electron chi connectivity index (χ0n) is 19.1. The molecule has 1 N–H and O–H groups in total. The van der Waals surface area contributed by atoms with Crippen LogP contribution in [0, 0.1) is 11.8 Å². The number of carbonyl (C=O) groups excluding carboxylic acids is 2. The molecule has 4 atom stereocenters. The highest BCUT2D eigenvalue weighted by molar-refractivity contribution is 5.99. The number of ketones is 1. The van der Waals surface area contributed by atoms with Crippen LogP contribution < -0.4 is 4.74 Å². The summed E-state index contributed by atoms with van der Waals surface area (Å²) in [6.45, 7) is 6.45. The third kappa shape index (κ3) is 6.90. The average molecular weight is 438 g/mol. The van der Waals surface area contributed by atoms with Gasteiger partial charge in [0.1, 0.15) is 12.2 Å². The summed E-state index contributed by atoms with van der Waals surface area (Å²) in [5.74, 6) is -1.31. The highest BCUT2D eigenvalue weighted by Gasteiger charge is 2.35. The Balaban J connectivity index is 2.14. The number of esters is 1. The van der Waals surface area contributed by atoms with E-state index in [1.54, 1.807) is 14.0 Å². The van der Waals surface area contributed by atoms with E-state index in [4.69, 9.17) is 18.9 Å². The van der Waals surface area contributed by atoms with Crippen LogP contribution in [0.5, 0.6) is 11.5 Å². The molecule has 8 heteroatoms. The van der Waals surface area contributed by atoms with Crippen molar-refractivity contribution in [2.24, 2.45) is 11.8 Å². The molecule has 1 aliphatic rings. The number of hydrogen-bond donors (Lipinski definition) is 1. The number of nitrogens with zero attached hydrogens (tertiary/aromatic N) is 1. The van der Waals surface area contributed by atoms with Crippen LogP contribution in [0.15, 0.2) is 12.3 Å². The third-order valence-electron chi connectivity index (χ3n) is 5.48. The van der Waals surface area contributed by atoms with Gasteiger partial charge in [-0.2, -0.15) is 0 Å². The molecule has 0 unspecified atom stereocenters. The Labute approximate surface area is 184 Å². The molecular formula is C23H35NO7. The number of Topliss-reactive ketones (excluding diaryl/α,β-unsaturated/α-hetero) is 1. The quantitative estimate of drug-likeness (QED) is 0.486. The van der Waals surface area contributed by atoms with Gasteiger partial charge in [-0.3, -0.25) is 9.59 Å².